The van der Waals surface area contributed by atoms with Crippen LogP contribution in [0.4, 0.5) is 0 Å². The standard InChI is InChI=1S/C5H11NO2S.2CH4/c1-9-3-2-4(6)5(7)8;;/h4H,2-3,6H2,1H3,(H,7,8);2*1H4. The van der Waals surface area contributed by atoms with Crippen molar-refractivity contribution in [2.45, 2.75) is 27.3 Å². The number of nitrogens with two attached hydrogens (primary N) is 1. The summed E-state index contributed by atoms with van der Waals surface area (Å²) in [7, 11) is 0. The number of hydrogen-bond donors (Lipinski definition) is 2. The second-order valence-electron chi connectivity index (χ2n) is 1.73. The summed E-state index contributed by atoms with van der Waals surface area (Å²) >= 11 is 1.60. The first kappa shape index (κ1) is 17.0. The van der Waals surface area contributed by atoms with E-state index in [1.807, 2.05) is 6.26 Å². The number of carboxylic acid groups (broad SMARTS) is 1. The maximum Gasteiger partial charge on any atom is 0.320 e. The molecule has 1 atom stereocenters. The molecule has 1 unspecified atom stereocenters. The number of aliphatic carboxylic acids is 1. The highest BCUT2D eigenvalue weighted by Gasteiger charge is 2.08. The molecule has 70 valence electrons. The molecule has 0 amide bonds. The molecule has 3 N–H and O–H groups in total. The van der Waals surface area contributed by atoms with Crippen LogP contribution in [0.25, 0.3) is 0 Å². The van der Waals surface area contributed by atoms with Gasteiger partial charge in [0, 0.05) is 0 Å². The van der Waals surface area contributed by atoms with E-state index in [1.165, 1.54) is 0 Å². The van der Waals surface area contributed by atoms with Gasteiger partial charge in [0.2, 0.25) is 0 Å². The Kier molecular flexibility index (Phi) is 15.1. The van der Waals surface area contributed by atoms with Crippen molar-refractivity contribution in [2.75, 3.05) is 12.0 Å². The van der Waals surface area contributed by atoms with Gasteiger partial charge in [-0.05, 0) is 18.4 Å². The summed E-state index contributed by atoms with van der Waals surface area (Å²) in [6.07, 6.45) is 2.48. The Balaban J connectivity index is -0.000000320. The maximum absolute atomic E-state index is 10.1. The molecule has 0 aromatic heterocycles. The fraction of sp³-hybridized carbons (Fsp3) is 0.857. The van der Waals surface area contributed by atoms with Crippen LogP contribution in [-0.2, 0) is 4.79 Å². The summed E-state index contributed by atoms with van der Waals surface area (Å²) in [5.74, 6) is -0.1000. The van der Waals surface area contributed by atoms with Crippen LogP contribution in [0.1, 0.15) is 21.3 Å². The quantitative estimate of drug-likeness (QED) is 0.688. The van der Waals surface area contributed by atoms with Crippen molar-refractivity contribution in [2.24, 2.45) is 5.73 Å². The third-order valence-electron chi connectivity index (χ3n) is 0.950. The van der Waals surface area contributed by atoms with E-state index in [0.717, 1.165) is 5.75 Å². The van der Waals surface area contributed by atoms with Gasteiger partial charge in [-0.15, -0.1) is 0 Å². The van der Waals surface area contributed by atoms with Gasteiger partial charge in [-0.2, -0.15) is 11.8 Å². The van der Waals surface area contributed by atoms with Crippen molar-refractivity contribution in [3.63, 3.8) is 0 Å². The van der Waals surface area contributed by atoms with E-state index in [-0.39, 0.29) is 14.9 Å². The first-order valence-corrected chi connectivity index (χ1v) is 4.05. The predicted molar refractivity (Wildman–Crippen MR) is 52.1 cm³/mol. The van der Waals surface area contributed by atoms with Crippen molar-refractivity contribution in [3.8, 4) is 0 Å². The first-order chi connectivity index (χ1) is 4.18. The van der Waals surface area contributed by atoms with E-state index in [4.69, 9.17) is 10.8 Å². The average molecular weight is 181 g/mol. The van der Waals surface area contributed by atoms with Gasteiger partial charge in [-0.1, -0.05) is 14.9 Å². The molecule has 0 aliphatic heterocycles. The van der Waals surface area contributed by atoms with E-state index in [9.17, 15) is 4.79 Å². The lowest BCUT2D eigenvalue weighted by Crippen LogP contribution is -2.30. The van der Waals surface area contributed by atoms with E-state index >= 15 is 0 Å². The molecule has 0 saturated carbocycles. The minimum absolute atomic E-state index is 0. The zero-order chi connectivity index (χ0) is 7.28. The zero-order valence-corrected chi connectivity index (χ0v) is 6.15. The fourth-order valence-corrected chi connectivity index (χ4v) is 0.858. The van der Waals surface area contributed by atoms with Crippen LogP contribution in [0, 0.1) is 0 Å². The zero-order valence-electron chi connectivity index (χ0n) is 5.33. The van der Waals surface area contributed by atoms with Crippen LogP contribution in [0.5, 0.6) is 0 Å². The number of carboxylic acids is 1. The van der Waals surface area contributed by atoms with E-state index in [1.54, 1.807) is 11.8 Å². The van der Waals surface area contributed by atoms with Gasteiger partial charge < -0.3 is 10.8 Å². The second kappa shape index (κ2) is 9.78. The van der Waals surface area contributed by atoms with Crippen molar-refractivity contribution < 1.29 is 9.90 Å². The molecule has 0 heterocycles. The van der Waals surface area contributed by atoms with Crippen LogP contribution in [-0.4, -0.2) is 29.1 Å². The molecule has 0 aromatic rings. The predicted octanol–water partition coefficient (Wildman–Crippen LogP) is 1.42. The minimum atomic E-state index is -0.913. The van der Waals surface area contributed by atoms with Crippen LogP contribution in [0.15, 0.2) is 0 Å². The molecule has 4 heteroatoms. The molecular formula is C7H19NO2S. The maximum atomic E-state index is 10.1. The van der Waals surface area contributed by atoms with Crippen molar-refractivity contribution in [3.05, 3.63) is 0 Å². The van der Waals surface area contributed by atoms with Crippen molar-refractivity contribution in [1.29, 1.82) is 0 Å². The number of hydrogen-bond acceptors (Lipinski definition) is 3. The van der Waals surface area contributed by atoms with Gasteiger partial charge in [0.15, 0.2) is 0 Å². The highest BCUT2D eigenvalue weighted by atomic mass is 32.2. The first-order valence-electron chi connectivity index (χ1n) is 2.65. The third-order valence-corrected chi connectivity index (χ3v) is 1.59. The minimum Gasteiger partial charge on any atom is -0.480 e. The smallest absolute Gasteiger partial charge is 0.320 e. The molecule has 0 radical (unpaired) electrons. The van der Waals surface area contributed by atoms with Crippen LogP contribution < -0.4 is 5.73 Å². The molecule has 0 aliphatic carbocycles. The second-order valence-corrected chi connectivity index (χ2v) is 2.71. The lowest BCUT2D eigenvalue weighted by Gasteiger charge is -2.02. The number of carbonyl (C=O) groups is 1. The summed E-state index contributed by atoms with van der Waals surface area (Å²) in [5, 5.41) is 8.27. The topological polar surface area (TPSA) is 63.3 Å². The van der Waals surface area contributed by atoms with Gasteiger partial charge in [0.1, 0.15) is 6.04 Å². The molecule has 0 aliphatic rings. The number of thioether (sulfide) groups is 1. The molecule has 0 bridgehead atoms. The van der Waals surface area contributed by atoms with E-state index < -0.39 is 12.0 Å². The average Bonchev–Trinajstić information content (AvgIpc) is 1.82. The summed E-state index contributed by atoms with van der Waals surface area (Å²) in [4.78, 5) is 10.1. The normalized spacial score (nSPS) is 10.7. The van der Waals surface area contributed by atoms with Crippen LogP contribution in [0.3, 0.4) is 0 Å². The highest BCUT2D eigenvalue weighted by Crippen LogP contribution is 1.97. The molecule has 0 spiro atoms. The van der Waals surface area contributed by atoms with E-state index in [0.29, 0.717) is 6.42 Å². The molecule has 0 saturated heterocycles. The number of rotatable bonds is 4. The molecule has 0 fully saturated rings. The Morgan fingerprint density at radius 2 is 2.09 bits per heavy atom. The molecular weight excluding hydrogens is 162 g/mol. The van der Waals surface area contributed by atoms with Gasteiger partial charge in [0.25, 0.3) is 0 Å². The lowest BCUT2D eigenvalue weighted by molar-refractivity contribution is -0.138. The Morgan fingerprint density at radius 3 is 2.36 bits per heavy atom. The Morgan fingerprint density at radius 1 is 1.64 bits per heavy atom. The van der Waals surface area contributed by atoms with Crippen molar-refractivity contribution >= 4 is 17.7 Å². The Bertz CT molecular complexity index is 98.4. The fourth-order valence-electron chi connectivity index (χ4n) is 0.368. The Labute approximate surface area is 73.4 Å². The summed E-state index contributed by atoms with van der Waals surface area (Å²) in [6, 6.07) is -0.683. The van der Waals surface area contributed by atoms with E-state index in [2.05, 4.69) is 0 Å². The van der Waals surface area contributed by atoms with Crippen LogP contribution >= 0.6 is 11.8 Å². The molecule has 0 aromatic carbocycles. The summed E-state index contributed by atoms with van der Waals surface area (Å²) < 4.78 is 0. The highest BCUT2D eigenvalue weighted by molar-refractivity contribution is 7.98. The summed E-state index contributed by atoms with van der Waals surface area (Å²) in [6.45, 7) is 0. The van der Waals surface area contributed by atoms with Crippen molar-refractivity contribution in [1.82, 2.24) is 0 Å². The van der Waals surface area contributed by atoms with Gasteiger partial charge in [0.05, 0.1) is 0 Å². The molecule has 11 heavy (non-hydrogen) atoms. The monoisotopic (exact) mass is 181 g/mol. The van der Waals surface area contributed by atoms with Gasteiger partial charge in [-0.25, -0.2) is 0 Å². The Hall–Kier alpha value is -0.220. The molecule has 3 nitrogen and oxygen atoms in total. The van der Waals surface area contributed by atoms with Gasteiger partial charge >= 0.3 is 5.97 Å². The lowest BCUT2D eigenvalue weighted by atomic mass is 10.2. The van der Waals surface area contributed by atoms with Crippen LogP contribution in [0.2, 0.25) is 0 Å². The largest absolute Gasteiger partial charge is 0.480 e. The molecule has 0 rings (SSSR count). The third kappa shape index (κ3) is 9.78. The summed E-state index contributed by atoms with van der Waals surface area (Å²) in [5.41, 5.74) is 5.19. The SMILES string of the molecule is C.C.CSCCC(N)C(=O)O. The van der Waals surface area contributed by atoms with Gasteiger partial charge in [-0.3, -0.25) is 4.79 Å².